The highest BCUT2D eigenvalue weighted by molar-refractivity contribution is 7.99. The second-order valence-electron chi connectivity index (χ2n) is 8.38. The van der Waals surface area contributed by atoms with Gasteiger partial charge in [-0.05, 0) is 67.8 Å². The van der Waals surface area contributed by atoms with E-state index in [4.69, 9.17) is 4.74 Å². The Morgan fingerprint density at radius 3 is 2.50 bits per heavy atom. The fraction of sp³-hybridized carbons (Fsp3) is 0.222. The van der Waals surface area contributed by atoms with Crippen LogP contribution in [0.4, 0.5) is 0 Å². The van der Waals surface area contributed by atoms with Gasteiger partial charge in [0.15, 0.2) is 5.16 Å². The molecule has 0 aliphatic heterocycles. The molecule has 0 aliphatic rings. The molecule has 0 saturated carbocycles. The molecule has 0 spiro atoms. The largest absolute Gasteiger partial charge is 0.489 e. The number of nitro groups is 1. The number of ether oxygens (including phenoxy) is 1. The van der Waals surface area contributed by atoms with E-state index in [1.807, 2.05) is 60.9 Å². The Bertz CT molecular complexity index is 1430. The third-order valence-electron chi connectivity index (χ3n) is 5.89. The summed E-state index contributed by atoms with van der Waals surface area (Å²) in [5.41, 5.74) is 5.40. The minimum atomic E-state index is -0.470. The van der Waals surface area contributed by atoms with Crippen molar-refractivity contribution in [3.8, 4) is 17.5 Å². The summed E-state index contributed by atoms with van der Waals surface area (Å²) in [5.74, 6) is 1.33. The highest BCUT2D eigenvalue weighted by Gasteiger charge is 2.24. The van der Waals surface area contributed by atoms with Crippen LogP contribution in [0.3, 0.4) is 0 Å². The third-order valence-corrected chi connectivity index (χ3v) is 7.07. The molecule has 8 nitrogen and oxygen atoms in total. The Morgan fingerprint density at radius 1 is 1.06 bits per heavy atom. The van der Waals surface area contributed by atoms with Gasteiger partial charge in [0.05, 0.1) is 11.6 Å². The fourth-order valence-corrected chi connectivity index (χ4v) is 4.92. The van der Waals surface area contributed by atoms with Crippen molar-refractivity contribution in [3.05, 3.63) is 110 Å². The number of hydrogen-bond acceptors (Lipinski definition) is 7. The molecular weight excluding hydrogens is 474 g/mol. The molecule has 0 radical (unpaired) electrons. The first-order valence-electron chi connectivity index (χ1n) is 11.3. The molecule has 4 rings (SSSR count). The summed E-state index contributed by atoms with van der Waals surface area (Å²) in [5, 5.41) is 29.4. The van der Waals surface area contributed by atoms with E-state index < -0.39 is 5.25 Å². The molecule has 1 atom stereocenters. The first-order chi connectivity index (χ1) is 17.4. The van der Waals surface area contributed by atoms with Crippen molar-refractivity contribution in [1.82, 2.24) is 14.8 Å². The van der Waals surface area contributed by atoms with Gasteiger partial charge >= 0.3 is 0 Å². The number of aromatic nitrogens is 3. The van der Waals surface area contributed by atoms with Crippen LogP contribution in [0.2, 0.25) is 0 Å². The van der Waals surface area contributed by atoms with Crippen LogP contribution in [0.15, 0.2) is 71.9 Å². The standard InChI is InChI=1S/C27H25N5O3S/c1-18-8-11-24(14-19(18)2)32-20(3)29-30-27(32)36-26(16-31(33)34)21-9-12-25(13-10-21)35-17-23-7-5-4-6-22(23)15-28/h4-14,26H,16-17H2,1-3H3/t26-/m0/s1. The second kappa shape index (κ2) is 11.1. The molecule has 36 heavy (non-hydrogen) atoms. The van der Waals surface area contributed by atoms with Crippen molar-refractivity contribution in [1.29, 1.82) is 5.26 Å². The zero-order valence-electron chi connectivity index (χ0n) is 20.2. The maximum Gasteiger partial charge on any atom is 0.220 e. The molecule has 1 aromatic heterocycles. The van der Waals surface area contributed by atoms with E-state index in [0.29, 0.717) is 22.3 Å². The lowest BCUT2D eigenvalue weighted by molar-refractivity contribution is -0.479. The molecule has 0 fully saturated rings. The molecule has 0 aliphatic carbocycles. The zero-order valence-corrected chi connectivity index (χ0v) is 21.0. The lowest BCUT2D eigenvalue weighted by Gasteiger charge is -2.15. The number of thioether (sulfide) groups is 1. The predicted octanol–water partition coefficient (Wildman–Crippen LogP) is 5.75. The maximum atomic E-state index is 11.5. The van der Waals surface area contributed by atoms with Crippen molar-refractivity contribution < 1.29 is 9.66 Å². The summed E-state index contributed by atoms with van der Waals surface area (Å²) in [7, 11) is 0. The van der Waals surface area contributed by atoms with E-state index in [-0.39, 0.29) is 18.1 Å². The lowest BCUT2D eigenvalue weighted by atomic mass is 10.1. The third kappa shape index (κ3) is 5.73. The Labute approximate surface area is 213 Å². The monoisotopic (exact) mass is 499 g/mol. The molecule has 9 heteroatoms. The molecule has 0 amide bonds. The molecule has 1 heterocycles. The number of benzene rings is 3. The predicted molar refractivity (Wildman–Crippen MR) is 138 cm³/mol. The van der Waals surface area contributed by atoms with E-state index in [1.54, 1.807) is 18.2 Å². The van der Waals surface area contributed by atoms with E-state index in [9.17, 15) is 15.4 Å². The average molecular weight is 500 g/mol. The van der Waals surface area contributed by atoms with Gasteiger partial charge < -0.3 is 4.74 Å². The molecule has 0 unspecified atom stereocenters. The van der Waals surface area contributed by atoms with Crippen LogP contribution in [0.5, 0.6) is 5.75 Å². The molecule has 0 bridgehead atoms. The molecule has 4 aromatic rings. The summed E-state index contributed by atoms with van der Waals surface area (Å²) in [6.07, 6.45) is 0. The Balaban J connectivity index is 1.55. The van der Waals surface area contributed by atoms with E-state index >= 15 is 0 Å². The quantitative estimate of drug-likeness (QED) is 0.164. The first-order valence-corrected chi connectivity index (χ1v) is 12.2. The Kier molecular flexibility index (Phi) is 7.66. The van der Waals surface area contributed by atoms with Gasteiger partial charge in [-0.25, -0.2) is 0 Å². The summed E-state index contributed by atoms with van der Waals surface area (Å²) in [6.45, 7) is 5.96. The summed E-state index contributed by atoms with van der Waals surface area (Å²) in [6, 6.07) is 22.8. The molecular formula is C27H25N5O3S. The molecule has 3 aromatic carbocycles. The minimum absolute atomic E-state index is 0.258. The topological polar surface area (TPSA) is 107 Å². The van der Waals surface area contributed by atoms with Gasteiger partial charge in [-0.1, -0.05) is 48.2 Å². The van der Waals surface area contributed by atoms with Crippen LogP contribution >= 0.6 is 11.8 Å². The molecule has 0 N–H and O–H groups in total. The van der Waals surface area contributed by atoms with Crippen LogP contribution in [0.25, 0.3) is 5.69 Å². The number of nitriles is 1. The van der Waals surface area contributed by atoms with Crippen LogP contribution < -0.4 is 4.74 Å². The summed E-state index contributed by atoms with van der Waals surface area (Å²) < 4.78 is 7.78. The van der Waals surface area contributed by atoms with Crippen molar-refractivity contribution >= 4 is 11.8 Å². The zero-order chi connectivity index (χ0) is 25.7. The highest BCUT2D eigenvalue weighted by atomic mass is 32.2. The van der Waals surface area contributed by atoms with E-state index in [2.05, 4.69) is 29.3 Å². The Hall–Kier alpha value is -4.16. The van der Waals surface area contributed by atoms with E-state index in [1.165, 1.54) is 17.3 Å². The molecule has 0 saturated heterocycles. The number of rotatable bonds is 9. The number of hydrogen-bond donors (Lipinski definition) is 0. The minimum Gasteiger partial charge on any atom is -0.489 e. The summed E-state index contributed by atoms with van der Waals surface area (Å²) >= 11 is 1.31. The highest BCUT2D eigenvalue weighted by Crippen LogP contribution is 2.36. The van der Waals surface area contributed by atoms with Gasteiger partial charge in [-0.2, -0.15) is 5.26 Å². The van der Waals surface area contributed by atoms with Gasteiger partial charge in [-0.15, -0.1) is 10.2 Å². The average Bonchev–Trinajstić information content (AvgIpc) is 3.24. The van der Waals surface area contributed by atoms with Gasteiger partial charge in [0.2, 0.25) is 6.54 Å². The maximum absolute atomic E-state index is 11.5. The van der Waals surface area contributed by atoms with Crippen LogP contribution in [-0.2, 0) is 6.61 Å². The van der Waals surface area contributed by atoms with Crippen molar-refractivity contribution in [2.24, 2.45) is 0 Å². The van der Waals surface area contributed by atoms with Gasteiger partial charge in [0, 0.05) is 16.2 Å². The van der Waals surface area contributed by atoms with Crippen LogP contribution in [-0.4, -0.2) is 26.2 Å². The lowest BCUT2D eigenvalue weighted by Crippen LogP contribution is -2.11. The SMILES string of the molecule is Cc1ccc(-n2c(C)nnc2S[C@@H](C[N+](=O)[O-])c2ccc(OCc3ccccc3C#N)cc2)cc1C. The smallest absolute Gasteiger partial charge is 0.220 e. The number of nitrogens with zero attached hydrogens (tertiary/aromatic N) is 5. The number of aryl methyl sites for hydroxylation is 3. The van der Waals surface area contributed by atoms with Gasteiger partial charge in [0.1, 0.15) is 23.4 Å². The fourth-order valence-electron chi connectivity index (χ4n) is 3.75. The van der Waals surface area contributed by atoms with Crippen molar-refractivity contribution in [3.63, 3.8) is 0 Å². The normalized spacial score (nSPS) is 11.6. The van der Waals surface area contributed by atoms with Gasteiger partial charge in [0.25, 0.3) is 0 Å². The first kappa shape index (κ1) is 24.9. The second-order valence-corrected chi connectivity index (χ2v) is 9.55. The van der Waals surface area contributed by atoms with Crippen molar-refractivity contribution in [2.75, 3.05) is 6.54 Å². The van der Waals surface area contributed by atoms with Crippen molar-refractivity contribution in [2.45, 2.75) is 37.8 Å². The van der Waals surface area contributed by atoms with Gasteiger partial charge in [-0.3, -0.25) is 14.7 Å². The van der Waals surface area contributed by atoms with E-state index in [0.717, 1.165) is 22.4 Å². The Morgan fingerprint density at radius 2 is 1.81 bits per heavy atom. The summed E-state index contributed by atoms with van der Waals surface area (Å²) in [4.78, 5) is 11.2. The molecule has 182 valence electrons. The van der Waals surface area contributed by atoms with Crippen LogP contribution in [0, 0.1) is 42.2 Å². The van der Waals surface area contributed by atoms with Crippen LogP contribution in [0.1, 0.15) is 38.9 Å².